The quantitative estimate of drug-likeness (QED) is 0.822. The van der Waals surface area contributed by atoms with Crippen molar-refractivity contribution in [2.24, 2.45) is 5.92 Å². The molecule has 1 aromatic rings. The predicted octanol–water partition coefficient (Wildman–Crippen LogP) is 1.56. The fourth-order valence-electron chi connectivity index (χ4n) is 2.51. The van der Waals surface area contributed by atoms with Gasteiger partial charge in [0.05, 0.1) is 5.60 Å². The minimum atomic E-state index is -0.529. The molecule has 1 N–H and O–H groups in total. The molecule has 1 aromatic heterocycles. The summed E-state index contributed by atoms with van der Waals surface area (Å²) in [5, 5.41) is 14.3. The van der Waals surface area contributed by atoms with Crippen LogP contribution in [0.25, 0.3) is 0 Å². The molecule has 0 radical (unpaired) electrons. The zero-order chi connectivity index (χ0) is 11.1. The van der Waals surface area contributed by atoms with Crippen LogP contribution in [0.5, 0.6) is 0 Å². The third-order valence-electron chi connectivity index (χ3n) is 3.08. The van der Waals surface area contributed by atoms with Gasteiger partial charge in [0.25, 0.3) is 0 Å². The van der Waals surface area contributed by atoms with Gasteiger partial charge in [-0.1, -0.05) is 6.92 Å². The SMILES string of the molecule is CC1CC(O)(Cc2ncnn2C(C)C)C1. The molecule has 0 saturated heterocycles. The van der Waals surface area contributed by atoms with Crippen molar-refractivity contribution < 1.29 is 5.11 Å². The second-order valence-corrected chi connectivity index (χ2v) is 5.13. The highest BCUT2D eigenvalue weighted by atomic mass is 16.3. The van der Waals surface area contributed by atoms with Crippen LogP contribution in [0.4, 0.5) is 0 Å². The van der Waals surface area contributed by atoms with E-state index in [0.717, 1.165) is 18.7 Å². The second-order valence-electron chi connectivity index (χ2n) is 5.13. The number of aromatic nitrogens is 3. The third kappa shape index (κ3) is 2.04. The Balaban J connectivity index is 2.08. The van der Waals surface area contributed by atoms with E-state index < -0.39 is 5.60 Å². The Hall–Kier alpha value is -0.900. The van der Waals surface area contributed by atoms with Gasteiger partial charge in [-0.25, -0.2) is 9.67 Å². The molecule has 0 atom stereocenters. The summed E-state index contributed by atoms with van der Waals surface area (Å²) >= 11 is 0. The number of rotatable bonds is 3. The zero-order valence-corrected chi connectivity index (χ0v) is 9.64. The van der Waals surface area contributed by atoms with Crippen LogP contribution in [-0.4, -0.2) is 25.5 Å². The van der Waals surface area contributed by atoms with Crippen molar-refractivity contribution in [3.8, 4) is 0 Å². The molecule has 0 amide bonds. The Morgan fingerprint density at radius 3 is 2.80 bits per heavy atom. The van der Waals surface area contributed by atoms with Crippen molar-refractivity contribution in [1.82, 2.24) is 14.8 Å². The van der Waals surface area contributed by atoms with Gasteiger partial charge in [-0.3, -0.25) is 0 Å². The number of hydrogen-bond donors (Lipinski definition) is 1. The number of hydrogen-bond acceptors (Lipinski definition) is 3. The van der Waals surface area contributed by atoms with Crippen LogP contribution in [0.1, 0.15) is 45.5 Å². The molecule has 1 saturated carbocycles. The first-order valence-corrected chi connectivity index (χ1v) is 5.61. The van der Waals surface area contributed by atoms with E-state index >= 15 is 0 Å². The van der Waals surface area contributed by atoms with Gasteiger partial charge in [-0.05, 0) is 32.6 Å². The largest absolute Gasteiger partial charge is 0.389 e. The van der Waals surface area contributed by atoms with Crippen LogP contribution in [0.3, 0.4) is 0 Å². The van der Waals surface area contributed by atoms with Gasteiger partial charge >= 0.3 is 0 Å². The Kier molecular flexibility index (Phi) is 2.54. The van der Waals surface area contributed by atoms with Crippen molar-refractivity contribution in [2.75, 3.05) is 0 Å². The molecular weight excluding hydrogens is 190 g/mol. The molecule has 84 valence electrons. The minimum absolute atomic E-state index is 0.309. The van der Waals surface area contributed by atoms with E-state index in [9.17, 15) is 5.11 Å². The van der Waals surface area contributed by atoms with E-state index in [0.29, 0.717) is 18.4 Å². The van der Waals surface area contributed by atoms with Gasteiger partial charge in [-0.2, -0.15) is 5.10 Å². The van der Waals surface area contributed by atoms with Crippen LogP contribution in [-0.2, 0) is 6.42 Å². The summed E-state index contributed by atoms with van der Waals surface area (Å²) in [4.78, 5) is 4.22. The normalized spacial score (nSPS) is 30.6. The van der Waals surface area contributed by atoms with Crippen LogP contribution in [0.2, 0.25) is 0 Å². The highest BCUT2D eigenvalue weighted by Crippen LogP contribution is 2.39. The van der Waals surface area contributed by atoms with Crippen molar-refractivity contribution in [1.29, 1.82) is 0 Å². The van der Waals surface area contributed by atoms with Gasteiger partial charge in [0.15, 0.2) is 0 Å². The lowest BCUT2D eigenvalue weighted by atomic mass is 9.70. The van der Waals surface area contributed by atoms with E-state index in [2.05, 4.69) is 30.9 Å². The first-order chi connectivity index (χ1) is 7.00. The van der Waals surface area contributed by atoms with E-state index in [1.165, 1.54) is 0 Å². The lowest BCUT2D eigenvalue weighted by molar-refractivity contribution is -0.0687. The molecular formula is C11H19N3O. The molecule has 0 bridgehead atoms. The topological polar surface area (TPSA) is 50.9 Å². The van der Waals surface area contributed by atoms with Gasteiger partial charge in [-0.15, -0.1) is 0 Å². The van der Waals surface area contributed by atoms with Crippen LogP contribution < -0.4 is 0 Å². The summed E-state index contributed by atoms with van der Waals surface area (Å²) in [7, 11) is 0. The maximum Gasteiger partial charge on any atom is 0.138 e. The lowest BCUT2D eigenvalue weighted by Crippen LogP contribution is -2.45. The average molecular weight is 209 g/mol. The molecule has 0 aromatic carbocycles. The van der Waals surface area contributed by atoms with Crippen LogP contribution >= 0.6 is 0 Å². The number of aliphatic hydroxyl groups is 1. The first kappa shape index (κ1) is 10.6. The Morgan fingerprint density at radius 2 is 2.27 bits per heavy atom. The zero-order valence-electron chi connectivity index (χ0n) is 9.64. The molecule has 1 aliphatic carbocycles. The van der Waals surface area contributed by atoms with Gasteiger partial charge < -0.3 is 5.11 Å². The van der Waals surface area contributed by atoms with Crippen molar-refractivity contribution in [2.45, 2.75) is 51.7 Å². The van der Waals surface area contributed by atoms with Crippen LogP contribution in [0, 0.1) is 5.92 Å². The van der Waals surface area contributed by atoms with E-state index in [1.807, 2.05) is 4.68 Å². The summed E-state index contributed by atoms with van der Waals surface area (Å²) in [6, 6.07) is 0.309. The Labute approximate surface area is 90.3 Å². The maximum absolute atomic E-state index is 10.2. The minimum Gasteiger partial charge on any atom is -0.389 e. The maximum atomic E-state index is 10.2. The molecule has 15 heavy (non-hydrogen) atoms. The standard InChI is InChI=1S/C11H19N3O/c1-8(2)14-10(12-7-13-14)6-11(15)4-9(3)5-11/h7-9,15H,4-6H2,1-3H3. The Morgan fingerprint density at radius 1 is 1.60 bits per heavy atom. The highest BCUT2D eigenvalue weighted by molar-refractivity contribution is 5.01. The fraction of sp³-hybridized carbons (Fsp3) is 0.818. The summed E-state index contributed by atoms with van der Waals surface area (Å²) in [5.41, 5.74) is -0.529. The second kappa shape index (κ2) is 3.59. The molecule has 0 aliphatic heterocycles. The monoisotopic (exact) mass is 209 g/mol. The Bertz CT molecular complexity index is 339. The molecule has 4 heteroatoms. The molecule has 4 nitrogen and oxygen atoms in total. The first-order valence-electron chi connectivity index (χ1n) is 5.61. The summed E-state index contributed by atoms with van der Waals surface area (Å²) < 4.78 is 1.89. The van der Waals surface area contributed by atoms with Crippen molar-refractivity contribution >= 4 is 0 Å². The van der Waals surface area contributed by atoms with Crippen molar-refractivity contribution in [3.63, 3.8) is 0 Å². The summed E-state index contributed by atoms with van der Waals surface area (Å²) in [5.74, 6) is 1.55. The molecule has 1 fully saturated rings. The summed E-state index contributed by atoms with van der Waals surface area (Å²) in [6.45, 7) is 6.32. The van der Waals surface area contributed by atoms with Crippen LogP contribution in [0.15, 0.2) is 6.33 Å². The highest BCUT2D eigenvalue weighted by Gasteiger charge is 2.41. The molecule has 2 rings (SSSR count). The van der Waals surface area contributed by atoms with Gasteiger partial charge in [0.1, 0.15) is 12.2 Å². The predicted molar refractivity (Wildman–Crippen MR) is 57.5 cm³/mol. The fourth-order valence-corrected chi connectivity index (χ4v) is 2.51. The average Bonchev–Trinajstić information content (AvgIpc) is 2.49. The molecule has 1 heterocycles. The van der Waals surface area contributed by atoms with E-state index in [1.54, 1.807) is 6.33 Å². The molecule has 0 spiro atoms. The van der Waals surface area contributed by atoms with E-state index in [4.69, 9.17) is 0 Å². The van der Waals surface area contributed by atoms with Crippen molar-refractivity contribution in [3.05, 3.63) is 12.2 Å². The molecule has 0 unspecified atom stereocenters. The van der Waals surface area contributed by atoms with Gasteiger partial charge in [0.2, 0.25) is 0 Å². The van der Waals surface area contributed by atoms with E-state index in [-0.39, 0.29) is 0 Å². The third-order valence-corrected chi connectivity index (χ3v) is 3.08. The van der Waals surface area contributed by atoms with Gasteiger partial charge in [0, 0.05) is 12.5 Å². The summed E-state index contributed by atoms with van der Waals surface area (Å²) in [6.07, 6.45) is 3.98. The molecule has 1 aliphatic rings. The lowest BCUT2D eigenvalue weighted by Gasteiger charge is -2.41. The smallest absolute Gasteiger partial charge is 0.138 e. The number of nitrogens with zero attached hydrogens (tertiary/aromatic N) is 3.